The number of hydrogen-bond donors (Lipinski definition) is 0. The average molecular weight is 272 g/mol. The molecule has 0 fully saturated rings. The van der Waals surface area contributed by atoms with Crippen LogP contribution in [0.4, 0.5) is 0 Å². The Bertz CT molecular complexity index is 510. The quantitative estimate of drug-likeness (QED) is 0.734. The Hall–Kier alpha value is -1.83. The SMILES string of the molecule is CC.CC/C=C\C=C1/COc2c(CC)cc(C=O)cc21. The zero-order valence-corrected chi connectivity index (χ0v) is 12.9. The van der Waals surface area contributed by atoms with Gasteiger partial charge in [0.1, 0.15) is 18.6 Å². The predicted octanol–water partition coefficient (Wildman–Crippen LogP) is 4.83. The number of benzene rings is 1. The highest BCUT2D eigenvalue weighted by atomic mass is 16.5. The molecule has 20 heavy (non-hydrogen) atoms. The average Bonchev–Trinajstić information content (AvgIpc) is 2.91. The van der Waals surface area contributed by atoms with Crippen LogP contribution in [0.3, 0.4) is 0 Å². The Kier molecular flexibility index (Phi) is 6.78. The minimum Gasteiger partial charge on any atom is -0.488 e. The van der Waals surface area contributed by atoms with Crippen LogP contribution in [0.25, 0.3) is 5.57 Å². The number of carbonyl (C=O) groups is 1. The Morgan fingerprint density at radius 2 is 2.00 bits per heavy atom. The van der Waals surface area contributed by atoms with Crippen molar-refractivity contribution in [3.8, 4) is 5.75 Å². The summed E-state index contributed by atoms with van der Waals surface area (Å²) in [4.78, 5) is 11.0. The smallest absolute Gasteiger partial charge is 0.150 e. The lowest BCUT2D eigenvalue weighted by atomic mass is 9.99. The maximum atomic E-state index is 11.0. The second kappa shape index (κ2) is 8.36. The Morgan fingerprint density at radius 3 is 2.60 bits per heavy atom. The number of ether oxygens (including phenoxy) is 1. The van der Waals surface area contributed by atoms with E-state index in [9.17, 15) is 4.79 Å². The zero-order chi connectivity index (χ0) is 15.0. The van der Waals surface area contributed by atoms with Gasteiger partial charge in [-0.25, -0.2) is 0 Å². The number of fused-ring (bicyclic) bond motifs is 1. The lowest BCUT2D eigenvalue weighted by Crippen LogP contribution is -1.92. The number of rotatable bonds is 4. The molecule has 0 spiro atoms. The highest BCUT2D eigenvalue weighted by Gasteiger charge is 2.20. The number of carbonyl (C=O) groups excluding carboxylic acids is 1. The van der Waals surface area contributed by atoms with Crippen molar-refractivity contribution in [1.29, 1.82) is 0 Å². The van der Waals surface area contributed by atoms with Crippen molar-refractivity contribution in [1.82, 2.24) is 0 Å². The first-order valence-corrected chi connectivity index (χ1v) is 7.41. The van der Waals surface area contributed by atoms with E-state index in [4.69, 9.17) is 4.74 Å². The van der Waals surface area contributed by atoms with Crippen molar-refractivity contribution in [2.45, 2.75) is 40.5 Å². The van der Waals surface area contributed by atoms with E-state index >= 15 is 0 Å². The predicted molar refractivity (Wildman–Crippen MR) is 85.5 cm³/mol. The van der Waals surface area contributed by atoms with Crippen LogP contribution in [0.1, 0.15) is 55.6 Å². The second-order valence-electron chi connectivity index (χ2n) is 4.35. The molecule has 0 atom stereocenters. The van der Waals surface area contributed by atoms with E-state index in [0.717, 1.165) is 47.1 Å². The van der Waals surface area contributed by atoms with Crippen LogP contribution in [-0.4, -0.2) is 12.9 Å². The molecular formula is C18H24O2. The molecule has 2 heteroatoms. The number of aldehydes is 1. The van der Waals surface area contributed by atoms with Gasteiger partial charge in [-0.1, -0.05) is 45.9 Å². The van der Waals surface area contributed by atoms with Crippen LogP contribution in [0.15, 0.2) is 30.4 Å². The van der Waals surface area contributed by atoms with Gasteiger partial charge >= 0.3 is 0 Å². The van der Waals surface area contributed by atoms with Gasteiger partial charge in [-0.2, -0.15) is 0 Å². The fourth-order valence-corrected chi connectivity index (χ4v) is 2.14. The van der Waals surface area contributed by atoms with Gasteiger partial charge in [0.05, 0.1) is 0 Å². The Morgan fingerprint density at radius 1 is 1.25 bits per heavy atom. The monoisotopic (exact) mass is 272 g/mol. The minimum absolute atomic E-state index is 0.596. The second-order valence-corrected chi connectivity index (χ2v) is 4.35. The third-order valence-corrected chi connectivity index (χ3v) is 3.09. The molecule has 2 rings (SSSR count). The molecule has 1 aliphatic rings. The molecule has 0 saturated heterocycles. The summed E-state index contributed by atoms with van der Waals surface area (Å²) >= 11 is 0. The normalized spacial score (nSPS) is 14.7. The van der Waals surface area contributed by atoms with E-state index in [1.165, 1.54) is 0 Å². The molecule has 0 radical (unpaired) electrons. The molecule has 1 heterocycles. The van der Waals surface area contributed by atoms with Gasteiger partial charge in [0.2, 0.25) is 0 Å². The molecule has 0 aliphatic carbocycles. The van der Waals surface area contributed by atoms with Gasteiger partial charge in [0, 0.05) is 16.7 Å². The first kappa shape index (κ1) is 16.2. The molecule has 0 unspecified atom stereocenters. The van der Waals surface area contributed by atoms with Gasteiger partial charge in [-0.05, 0) is 30.5 Å². The Balaban J connectivity index is 0.000000956. The number of hydrogen-bond acceptors (Lipinski definition) is 2. The van der Waals surface area contributed by atoms with E-state index < -0.39 is 0 Å². The fraction of sp³-hybridized carbons (Fsp3) is 0.389. The van der Waals surface area contributed by atoms with Crippen LogP contribution in [0.5, 0.6) is 5.75 Å². The summed E-state index contributed by atoms with van der Waals surface area (Å²) in [5, 5.41) is 0. The first-order valence-electron chi connectivity index (χ1n) is 7.41. The molecule has 108 valence electrons. The highest BCUT2D eigenvalue weighted by molar-refractivity contribution is 5.84. The number of allylic oxidation sites excluding steroid dienone is 3. The van der Waals surface area contributed by atoms with Gasteiger partial charge in [-0.15, -0.1) is 0 Å². The van der Waals surface area contributed by atoms with Gasteiger partial charge in [0.15, 0.2) is 0 Å². The highest BCUT2D eigenvalue weighted by Crippen LogP contribution is 2.37. The van der Waals surface area contributed by atoms with E-state index in [-0.39, 0.29) is 0 Å². The summed E-state index contributed by atoms with van der Waals surface area (Å²) in [6.45, 7) is 8.78. The summed E-state index contributed by atoms with van der Waals surface area (Å²) < 4.78 is 5.75. The molecule has 0 saturated carbocycles. The summed E-state index contributed by atoms with van der Waals surface area (Å²) in [5.74, 6) is 0.944. The molecule has 1 aliphatic heterocycles. The molecule has 0 bridgehead atoms. The van der Waals surface area contributed by atoms with Gasteiger partial charge in [-0.3, -0.25) is 4.79 Å². The van der Waals surface area contributed by atoms with Crippen LogP contribution in [-0.2, 0) is 6.42 Å². The maximum Gasteiger partial charge on any atom is 0.150 e. The standard InChI is InChI=1S/C16H18O2.C2H6/c1-3-5-6-7-14-11-18-16-13(4-2)8-12(10-17)9-15(14)16;1-2/h5-10H,3-4,11H2,1-2H3;1-2H3/b6-5-,14-7+;. The molecule has 0 amide bonds. The molecule has 1 aromatic rings. The van der Waals surface area contributed by atoms with E-state index in [2.05, 4.69) is 26.0 Å². The Labute approximate surface area is 122 Å². The summed E-state index contributed by atoms with van der Waals surface area (Å²) in [6, 6.07) is 3.83. The minimum atomic E-state index is 0.596. The first-order chi connectivity index (χ1) is 9.80. The van der Waals surface area contributed by atoms with Gasteiger partial charge < -0.3 is 4.74 Å². The van der Waals surface area contributed by atoms with Crippen LogP contribution in [0, 0.1) is 0 Å². The van der Waals surface area contributed by atoms with E-state index in [1.807, 2.05) is 32.1 Å². The zero-order valence-electron chi connectivity index (χ0n) is 12.9. The topological polar surface area (TPSA) is 26.3 Å². The van der Waals surface area contributed by atoms with Crippen LogP contribution < -0.4 is 4.74 Å². The lowest BCUT2D eigenvalue weighted by Gasteiger charge is -2.06. The lowest BCUT2D eigenvalue weighted by molar-refractivity contribution is 0.112. The van der Waals surface area contributed by atoms with Crippen molar-refractivity contribution in [3.63, 3.8) is 0 Å². The third-order valence-electron chi connectivity index (χ3n) is 3.09. The van der Waals surface area contributed by atoms with Crippen molar-refractivity contribution < 1.29 is 9.53 Å². The maximum absolute atomic E-state index is 11.0. The third kappa shape index (κ3) is 3.60. The molecular weight excluding hydrogens is 248 g/mol. The van der Waals surface area contributed by atoms with E-state index in [0.29, 0.717) is 6.61 Å². The molecule has 0 N–H and O–H groups in total. The molecule has 1 aromatic carbocycles. The summed E-state index contributed by atoms with van der Waals surface area (Å²) in [6.07, 6.45) is 9.02. The molecule has 0 aromatic heterocycles. The van der Waals surface area contributed by atoms with Crippen LogP contribution in [0.2, 0.25) is 0 Å². The van der Waals surface area contributed by atoms with Gasteiger partial charge in [0.25, 0.3) is 0 Å². The van der Waals surface area contributed by atoms with E-state index in [1.54, 1.807) is 0 Å². The van der Waals surface area contributed by atoms with Crippen molar-refractivity contribution in [2.24, 2.45) is 0 Å². The summed E-state index contributed by atoms with van der Waals surface area (Å²) in [7, 11) is 0. The largest absolute Gasteiger partial charge is 0.488 e. The fourth-order valence-electron chi connectivity index (χ4n) is 2.14. The molecule has 2 nitrogen and oxygen atoms in total. The summed E-state index contributed by atoms with van der Waals surface area (Å²) in [5.41, 5.74) is 4.05. The number of aryl methyl sites for hydroxylation is 1. The van der Waals surface area contributed by atoms with Crippen molar-refractivity contribution in [2.75, 3.05) is 6.61 Å². The van der Waals surface area contributed by atoms with Crippen molar-refractivity contribution >= 4 is 11.9 Å². The van der Waals surface area contributed by atoms with Crippen molar-refractivity contribution in [3.05, 3.63) is 47.1 Å². The van der Waals surface area contributed by atoms with Crippen LogP contribution >= 0.6 is 0 Å².